The van der Waals surface area contributed by atoms with Gasteiger partial charge in [-0.25, -0.2) is 0 Å². The molecule has 0 atom stereocenters. The maximum atomic E-state index is 4.15. The van der Waals surface area contributed by atoms with Crippen LogP contribution in [0.15, 0.2) is 92.0 Å². The van der Waals surface area contributed by atoms with Gasteiger partial charge in [-0.05, 0) is 131 Å². The van der Waals surface area contributed by atoms with E-state index in [1.807, 2.05) is 6.08 Å². The Morgan fingerprint density at radius 2 is 1.21 bits per heavy atom. The van der Waals surface area contributed by atoms with E-state index in [-0.39, 0.29) is 0 Å². The number of nitrogens with zero attached hydrogens (tertiary/aromatic N) is 1. The molecular formula is C41H59N. The SMILES string of the molecule is C=CCCCCC(=C)c1ccc(CC)cc1.CCCc1ccc(CC)cc1.Cc1ccc(CCCN2CCCC2)cc1. The normalized spacial score (nSPS) is 12.6. The van der Waals surface area contributed by atoms with Gasteiger partial charge >= 0.3 is 0 Å². The van der Waals surface area contributed by atoms with Crippen LogP contribution < -0.4 is 0 Å². The number of allylic oxidation sites excluding steroid dienone is 2. The molecule has 228 valence electrons. The Labute approximate surface area is 259 Å². The summed E-state index contributed by atoms with van der Waals surface area (Å²) >= 11 is 0. The smallest absolute Gasteiger partial charge is 0.00156 e. The van der Waals surface area contributed by atoms with Gasteiger partial charge in [0.2, 0.25) is 0 Å². The summed E-state index contributed by atoms with van der Waals surface area (Å²) < 4.78 is 0. The Morgan fingerprint density at radius 1 is 0.690 bits per heavy atom. The molecule has 0 spiro atoms. The van der Waals surface area contributed by atoms with Crippen LogP contribution in [0.2, 0.25) is 0 Å². The molecule has 0 N–H and O–H groups in total. The van der Waals surface area contributed by atoms with E-state index in [4.69, 9.17) is 0 Å². The van der Waals surface area contributed by atoms with Gasteiger partial charge < -0.3 is 4.90 Å². The first-order valence-corrected chi connectivity index (χ1v) is 16.7. The minimum Gasteiger partial charge on any atom is -0.303 e. The topological polar surface area (TPSA) is 3.24 Å². The van der Waals surface area contributed by atoms with Gasteiger partial charge in [0.25, 0.3) is 0 Å². The molecule has 1 heteroatoms. The molecule has 0 aromatic heterocycles. The quantitative estimate of drug-likeness (QED) is 0.139. The maximum Gasteiger partial charge on any atom is -0.00156 e. The van der Waals surface area contributed by atoms with Crippen LogP contribution in [0.1, 0.15) is 106 Å². The lowest BCUT2D eigenvalue weighted by Crippen LogP contribution is -2.20. The molecule has 3 aromatic carbocycles. The molecule has 0 amide bonds. The van der Waals surface area contributed by atoms with Crippen LogP contribution >= 0.6 is 0 Å². The van der Waals surface area contributed by atoms with Crippen molar-refractivity contribution >= 4 is 5.57 Å². The predicted molar refractivity (Wildman–Crippen MR) is 189 cm³/mol. The Kier molecular flexibility index (Phi) is 18.3. The van der Waals surface area contributed by atoms with Gasteiger partial charge in [0.05, 0.1) is 0 Å². The van der Waals surface area contributed by atoms with Crippen LogP contribution in [0, 0.1) is 6.92 Å². The van der Waals surface area contributed by atoms with Gasteiger partial charge in [0.1, 0.15) is 0 Å². The molecule has 0 bridgehead atoms. The average Bonchev–Trinajstić information content (AvgIpc) is 3.55. The third kappa shape index (κ3) is 14.8. The van der Waals surface area contributed by atoms with Crippen LogP contribution in [0.4, 0.5) is 0 Å². The predicted octanol–water partition coefficient (Wildman–Crippen LogP) is 11.2. The number of rotatable bonds is 14. The monoisotopic (exact) mass is 565 g/mol. The molecule has 1 fully saturated rings. The van der Waals surface area contributed by atoms with Crippen molar-refractivity contribution in [1.29, 1.82) is 0 Å². The zero-order valence-electron chi connectivity index (χ0n) is 27.5. The number of benzene rings is 3. The van der Waals surface area contributed by atoms with Crippen LogP contribution in [-0.2, 0) is 25.7 Å². The van der Waals surface area contributed by atoms with Crippen LogP contribution in [0.25, 0.3) is 5.57 Å². The Bertz CT molecular complexity index is 1100. The van der Waals surface area contributed by atoms with Gasteiger partial charge in [0, 0.05) is 0 Å². The van der Waals surface area contributed by atoms with Crippen molar-refractivity contribution in [3.63, 3.8) is 0 Å². The molecule has 4 rings (SSSR count). The lowest BCUT2D eigenvalue weighted by molar-refractivity contribution is 0.334. The van der Waals surface area contributed by atoms with E-state index in [0.29, 0.717) is 0 Å². The highest BCUT2D eigenvalue weighted by Crippen LogP contribution is 2.20. The molecule has 1 aliphatic heterocycles. The van der Waals surface area contributed by atoms with Crippen molar-refractivity contribution in [2.24, 2.45) is 0 Å². The van der Waals surface area contributed by atoms with E-state index in [2.05, 4.69) is 119 Å². The molecule has 0 radical (unpaired) electrons. The van der Waals surface area contributed by atoms with Crippen molar-refractivity contribution in [3.8, 4) is 0 Å². The van der Waals surface area contributed by atoms with Crippen LogP contribution in [-0.4, -0.2) is 24.5 Å². The highest BCUT2D eigenvalue weighted by molar-refractivity contribution is 5.63. The first-order chi connectivity index (χ1) is 20.5. The van der Waals surface area contributed by atoms with E-state index >= 15 is 0 Å². The van der Waals surface area contributed by atoms with Crippen molar-refractivity contribution < 1.29 is 0 Å². The summed E-state index contributed by atoms with van der Waals surface area (Å²) in [5.41, 5.74) is 9.68. The Morgan fingerprint density at radius 3 is 1.76 bits per heavy atom. The number of unbranched alkanes of at least 4 members (excludes halogenated alkanes) is 2. The van der Waals surface area contributed by atoms with E-state index < -0.39 is 0 Å². The maximum absolute atomic E-state index is 4.15. The second kappa shape index (κ2) is 21.8. The molecule has 0 aliphatic carbocycles. The molecule has 1 heterocycles. The van der Waals surface area contributed by atoms with Crippen LogP contribution in [0.3, 0.4) is 0 Å². The summed E-state index contributed by atoms with van der Waals surface area (Å²) in [6, 6.07) is 26.7. The second-order valence-corrected chi connectivity index (χ2v) is 11.7. The molecule has 1 nitrogen and oxygen atoms in total. The van der Waals surface area contributed by atoms with E-state index in [0.717, 1.165) is 25.7 Å². The average molecular weight is 566 g/mol. The van der Waals surface area contributed by atoms with E-state index in [1.54, 1.807) is 0 Å². The van der Waals surface area contributed by atoms with Gasteiger partial charge in [-0.2, -0.15) is 0 Å². The van der Waals surface area contributed by atoms with Crippen LogP contribution in [0.5, 0.6) is 0 Å². The molecule has 0 unspecified atom stereocenters. The molecular weight excluding hydrogens is 506 g/mol. The standard InChI is InChI=1S/C16H22.C14H21N.C11H16/c1-4-6-7-8-9-14(3)16-12-10-15(5-2)11-13-16;1-13-6-8-14(9-7-13)5-4-12-15-10-2-3-11-15;1-3-5-11-8-6-10(4-2)7-9-11/h4,10-13H,1,3,5-9H2,2H3;6-9H,2-5,10-12H2,1H3;6-9H,3-5H2,1-2H3. The fraction of sp³-hybridized carbons (Fsp3) is 0.463. The molecule has 1 saturated heterocycles. The lowest BCUT2D eigenvalue weighted by atomic mass is 9.99. The van der Waals surface area contributed by atoms with E-state index in [9.17, 15) is 0 Å². The Hall–Kier alpha value is -2.90. The molecule has 1 aliphatic rings. The number of hydrogen-bond acceptors (Lipinski definition) is 1. The summed E-state index contributed by atoms with van der Waals surface area (Å²) in [6.07, 6.45) is 16.7. The highest BCUT2D eigenvalue weighted by atomic mass is 15.1. The number of hydrogen-bond donors (Lipinski definition) is 0. The number of likely N-dealkylation sites (tertiary alicyclic amines) is 1. The summed E-state index contributed by atoms with van der Waals surface area (Å²) in [4.78, 5) is 2.59. The zero-order valence-corrected chi connectivity index (χ0v) is 27.5. The lowest BCUT2D eigenvalue weighted by Gasteiger charge is -2.13. The minimum absolute atomic E-state index is 1.10. The second-order valence-electron chi connectivity index (χ2n) is 11.7. The molecule has 42 heavy (non-hydrogen) atoms. The van der Waals surface area contributed by atoms with Crippen molar-refractivity contribution in [2.75, 3.05) is 19.6 Å². The largest absolute Gasteiger partial charge is 0.303 e. The van der Waals surface area contributed by atoms with Gasteiger partial charge in [-0.15, -0.1) is 6.58 Å². The fourth-order valence-corrected chi connectivity index (χ4v) is 5.25. The molecule has 0 saturated carbocycles. The molecule has 3 aromatic rings. The summed E-state index contributed by atoms with van der Waals surface area (Å²) in [5.74, 6) is 0. The first kappa shape index (κ1) is 35.3. The van der Waals surface area contributed by atoms with Gasteiger partial charge in [0.15, 0.2) is 0 Å². The third-order valence-electron chi connectivity index (χ3n) is 8.14. The van der Waals surface area contributed by atoms with Gasteiger partial charge in [-0.3, -0.25) is 0 Å². The third-order valence-corrected chi connectivity index (χ3v) is 8.14. The van der Waals surface area contributed by atoms with E-state index in [1.165, 1.54) is 110 Å². The summed E-state index contributed by atoms with van der Waals surface area (Å²) in [7, 11) is 0. The fourth-order valence-electron chi connectivity index (χ4n) is 5.25. The van der Waals surface area contributed by atoms with Crippen molar-refractivity contribution in [2.45, 2.75) is 105 Å². The van der Waals surface area contributed by atoms with Crippen molar-refractivity contribution in [1.82, 2.24) is 4.90 Å². The number of aryl methyl sites for hydroxylation is 5. The highest BCUT2D eigenvalue weighted by Gasteiger charge is 2.10. The Balaban J connectivity index is 0.000000224. The zero-order chi connectivity index (χ0) is 30.4. The van der Waals surface area contributed by atoms with Crippen molar-refractivity contribution in [3.05, 3.63) is 125 Å². The minimum atomic E-state index is 1.10. The first-order valence-electron chi connectivity index (χ1n) is 16.7. The van der Waals surface area contributed by atoms with Gasteiger partial charge in [-0.1, -0.05) is 118 Å². The summed E-state index contributed by atoms with van der Waals surface area (Å²) in [5, 5.41) is 0. The summed E-state index contributed by atoms with van der Waals surface area (Å²) in [6.45, 7) is 20.6.